The molecule has 0 atom stereocenters. The quantitative estimate of drug-likeness (QED) is 0.806. The Morgan fingerprint density at radius 3 is 2.36 bits per heavy atom. The molecule has 22 heavy (non-hydrogen) atoms. The number of aromatic amines is 1. The second-order valence-corrected chi connectivity index (χ2v) is 5.41. The minimum Gasteiger partial charge on any atom is -0.497 e. The Kier molecular flexibility index (Phi) is 3.59. The number of H-pyrrole nitrogens is 1. The highest BCUT2D eigenvalue weighted by Gasteiger charge is 2.06. The van der Waals surface area contributed by atoms with E-state index in [1.54, 1.807) is 7.11 Å². The highest BCUT2D eigenvalue weighted by molar-refractivity contribution is 5.87. The second-order valence-electron chi connectivity index (χ2n) is 5.41. The third-order valence-corrected chi connectivity index (χ3v) is 3.75. The number of rotatable bonds is 3. The van der Waals surface area contributed by atoms with Gasteiger partial charge in [-0.15, -0.1) is 0 Å². The van der Waals surface area contributed by atoms with Crippen LogP contribution in [0.5, 0.6) is 5.75 Å². The first-order chi connectivity index (χ1) is 10.6. The molecule has 0 unspecified atom stereocenters. The zero-order valence-electron chi connectivity index (χ0n) is 12.9. The maximum atomic E-state index is 12.4. The number of anilines is 1. The average molecular weight is 294 g/mol. The lowest BCUT2D eigenvalue weighted by Gasteiger charge is -2.13. The molecule has 2 aromatic carbocycles. The maximum Gasteiger partial charge on any atom is 0.256 e. The first kappa shape index (κ1) is 14.2. The van der Waals surface area contributed by atoms with Gasteiger partial charge < -0.3 is 14.6 Å². The van der Waals surface area contributed by atoms with E-state index in [0.717, 1.165) is 28.1 Å². The number of ether oxygens (including phenoxy) is 1. The zero-order chi connectivity index (χ0) is 15.7. The molecule has 0 aliphatic heterocycles. The molecule has 0 amide bonds. The van der Waals surface area contributed by atoms with Crippen molar-refractivity contribution in [2.24, 2.45) is 0 Å². The molecule has 112 valence electrons. The van der Waals surface area contributed by atoms with E-state index in [9.17, 15) is 4.79 Å². The van der Waals surface area contributed by atoms with Gasteiger partial charge in [-0.2, -0.15) is 0 Å². The van der Waals surface area contributed by atoms with Gasteiger partial charge in [0.1, 0.15) is 5.75 Å². The summed E-state index contributed by atoms with van der Waals surface area (Å²) in [6.45, 7) is 0. The highest BCUT2D eigenvalue weighted by Crippen LogP contribution is 2.24. The largest absolute Gasteiger partial charge is 0.497 e. The van der Waals surface area contributed by atoms with Crippen LogP contribution in [-0.4, -0.2) is 26.2 Å². The first-order valence-electron chi connectivity index (χ1n) is 7.07. The van der Waals surface area contributed by atoms with Crippen LogP contribution < -0.4 is 15.2 Å². The fourth-order valence-corrected chi connectivity index (χ4v) is 2.45. The number of methoxy groups -OCH3 is 1. The van der Waals surface area contributed by atoms with Crippen LogP contribution in [0, 0.1) is 0 Å². The van der Waals surface area contributed by atoms with E-state index in [2.05, 4.69) is 4.98 Å². The molecule has 0 aliphatic carbocycles. The Balaban J connectivity index is 2.12. The third kappa shape index (κ3) is 2.55. The molecule has 0 bridgehead atoms. The van der Waals surface area contributed by atoms with E-state index < -0.39 is 0 Å². The first-order valence-corrected chi connectivity index (χ1v) is 7.07. The molecular formula is C18H18N2O2. The van der Waals surface area contributed by atoms with Crippen molar-refractivity contribution in [2.75, 3.05) is 26.1 Å². The molecule has 0 spiro atoms. The van der Waals surface area contributed by atoms with Gasteiger partial charge in [-0.3, -0.25) is 4.79 Å². The summed E-state index contributed by atoms with van der Waals surface area (Å²) < 4.78 is 5.16. The normalized spacial score (nSPS) is 10.7. The van der Waals surface area contributed by atoms with Crippen LogP contribution in [0.15, 0.2) is 53.3 Å². The van der Waals surface area contributed by atoms with Crippen LogP contribution >= 0.6 is 0 Å². The second kappa shape index (κ2) is 5.56. The van der Waals surface area contributed by atoms with E-state index in [1.807, 2.05) is 67.5 Å². The standard InChI is InChI=1S/C18H18N2O2/c1-20(2)14-7-4-13-10-17(19-18(21)16(13)11-14)12-5-8-15(22-3)9-6-12/h4-11H,1-3H3,(H,19,21). The van der Waals surface area contributed by atoms with Crippen molar-refractivity contribution in [1.29, 1.82) is 0 Å². The molecule has 0 radical (unpaired) electrons. The SMILES string of the molecule is COc1ccc(-c2cc3ccc(N(C)C)cc3c(=O)[nH]2)cc1. The molecule has 1 N–H and O–H groups in total. The molecule has 1 aromatic heterocycles. The number of nitrogens with one attached hydrogen (secondary N) is 1. The molecule has 0 saturated carbocycles. The topological polar surface area (TPSA) is 45.3 Å². The molecule has 0 saturated heterocycles. The minimum atomic E-state index is -0.0768. The maximum absolute atomic E-state index is 12.4. The molecule has 3 aromatic rings. The molecule has 0 aliphatic rings. The molecule has 1 heterocycles. The molecule has 4 nitrogen and oxygen atoms in total. The lowest BCUT2D eigenvalue weighted by atomic mass is 10.1. The Labute approximate surface area is 129 Å². The Bertz CT molecular complexity index is 864. The average Bonchev–Trinajstić information content (AvgIpc) is 2.54. The summed E-state index contributed by atoms with van der Waals surface area (Å²) in [5.74, 6) is 0.794. The Morgan fingerprint density at radius 2 is 1.73 bits per heavy atom. The molecule has 0 fully saturated rings. The number of fused-ring (bicyclic) bond motifs is 1. The highest BCUT2D eigenvalue weighted by atomic mass is 16.5. The third-order valence-electron chi connectivity index (χ3n) is 3.75. The van der Waals surface area contributed by atoms with Crippen LogP contribution in [0.1, 0.15) is 0 Å². The lowest BCUT2D eigenvalue weighted by Crippen LogP contribution is -2.11. The number of pyridine rings is 1. The summed E-state index contributed by atoms with van der Waals surface area (Å²) in [6, 6.07) is 15.5. The van der Waals surface area contributed by atoms with Gasteiger partial charge >= 0.3 is 0 Å². The minimum absolute atomic E-state index is 0.0768. The molecule has 4 heteroatoms. The van der Waals surface area contributed by atoms with E-state index in [4.69, 9.17) is 4.74 Å². The van der Waals surface area contributed by atoms with Crippen LogP contribution in [0.3, 0.4) is 0 Å². The van der Waals surface area contributed by atoms with Crippen molar-refractivity contribution in [3.8, 4) is 17.0 Å². The van der Waals surface area contributed by atoms with Crippen molar-refractivity contribution >= 4 is 16.5 Å². The fraction of sp³-hybridized carbons (Fsp3) is 0.167. The summed E-state index contributed by atoms with van der Waals surface area (Å²) in [5.41, 5.74) is 2.69. The van der Waals surface area contributed by atoms with Gasteiger partial charge in [-0.1, -0.05) is 6.07 Å². The van der Waals surface area contributed by atoms with Gasteiger partial charge in [0.2, 0.25) is 0 Å². The fourth-order valence-electron chi connectivity index (χ4n) is 2.45. The van der Waals surface area contributed by atoms with Crippen LogP contribution in [-0.2, 0) is 0 Å². The zero-order valence-corrected chi connectivity index (χ0v) is 12.9. The van der Waals surface area contributed by atoms with Crippen molar-refractivity contribution in [3.05, 3.63) is 58.9 Å². The van der Waals surface area contributed by atoms with E-state index >= 15 is 0 Å². The number of nitrogens with zero attached hydrogens (tertiary/aromatic N) is 1. The summed E-state index contributed by atoms with van der Waals surface area (Å²) in [7, 11) is 5.55. The summed E-state index contributed by atoms with van der Waals surface area (Å²) in [4.78, 5) is 17.3. The number of aromatic nitrogens is 1. The molecule has 3 rings (SSSR count). The van der Waals surface area contributed by atoms with Gasteiger partial charge in [0, 0.05) is 30.9 Å². The van der Waals surface area contributed by atoms with Crippen LogP contribution in [0.2, 0.25) is 0 Å². The van der Waals surface area contributed by atoms with Crippen molar-refractivity contribution in [1.82, 2.24) is 4.98 Å². The van der Waals surface area contributed by atoms with Gasteiger partial charge in [0.15, 0.2) is 0 Å². The van der Waals surface area contributed by atoms with Crippen LogP contribution in [0.4, 0.5) is 5.69 Å². The Morgan fingerprint density at radius 1 is 1.00 bits per heavy atom. The molecular weight excluding hydrogens is 276 g/mol. The van der Waals surface area contributed by atoms with E-state index in [1.165, 1.54) is 0 Å². The summed E-state index contributed by atoms with van der Waals surface area (Å²) >= 11 is 0. The number of hydrogen-bond acceptors (Lipinski definition) is 3. The van der Waals surface area contributed by atoms with Crippen molar-refractivity contribution in [2.45, 2.75) is 0 Å². The monoisotopic (exact) mass is 294 g/mol. The van der Waals surface area contributed by atoms with E-state index in [0.29, 0.717) is 5.39 Å². The smallest absolute Gasteiger partial charge is 0.256 e. The Hall–Kier alpha value is -2.75. The van der Waals surface area contributed by atoms with Gasteiger partial charge in [-0.05, 0) is 53.4 Å². The lowest BCUT2D eigenvalue weighted by molar-refractivity contribution is 0.415. The van der Waals surface area contributed by atoms with Gasteiger partial charge in [-0.25, -0.2) is 0 Å². The summed E-state index contributed by atoms with van der Waals surface area (Å²) in [5, 5.41) is 1.63. The van der Waals surface area contributed by atoms with E-state index in [-0.39, 0.29) is 5.56 Å². The predicted molar refractivity (Wildman–Crippen MR) is 90.9 cm³/mol. The van der Waals surface area contributed by atoms with Gasteiger partial charge in [0.25, 0.3) is 5.56 Å². The van der Waals surface area contributed by atoms with Crippen molar-refractivity contribution in [3.63, 3.8) is 0 Å². The number of benzene rings is 2. The van der Waals surface area contributed by atoms with Crippen molar-refractivity contribution < 1.29 is 4.74 Å². The van der Waals surface area contributed by atoms with Gasteiger partial charge in [0.05, 0.1) is 7.11 Å². The predicted octanol–water partition coefficient (Wildman–Crippen LogP) is 3.27. The van der Waals surface area contributed by atoms with Crippen LogP contribution in [0.25, 0.3) is 22.0 Å². The summed E-state index contributed by atoms with van der Waals surface area (Å²) in [6.07, 6.45) is 0. The number of hydrogen-bond donors (Lipinski definition) is 1.